The van der Waals surface area contributed by atoms with Crippen LogP contribution >= 0.6 is 0 Å². The van der Waals surface area contributed by atoms with Gasteiger partial charge in [0.05, 0.1) is 4.90 Å². The number of primary sulfonamides is 1. The molecule has 0 aliphatic heterocycles. The molecule has 0 saturated heterocycles. The zero-order valence-electron chi connectivity index (χ0n) is 16.1. The van der Waals surface area contributed by atoms with E-state index in [-0.39, 0.29) is 16.3 Å². The molecule has 3 N–H and O–H groups in total. The van der Waals surface area contributed by atoms with Crippen LogP contribution in [0.5, 0.6) is 11.6 Å². The van der Waals surface area contributed by atoms with E-state index in [1.54, 1.807) is 0 Å². The number of halogens is 4. The number of benzene rings is 2. The van der Waals surface area contributed by atoms with Crippen LogP contribution in [0.15, 0.2) is 53.4 Å². The zero-order chi connectivity index (χ0) is 23.7. The molecule has 3 aromatic rings. The summed E-state index contributed by atoms with van der Waals surface area (Å²) in [6.45, 7) is 1.48. The van der Waals surface area contributed by atoms with E-state index in [0.29, 0.717) is 11.6 Å². The Labute approximate surface area is 179 Å². The molecule has 0 fully saturated rings. The molecule has 2 aromatic carbocycles. The summed E-state index contributed by atoms with van der Waals surface area (Å²) in [4.78, 5) is 12.4. The quantitative estimate of drug-likeness (QED) is 0.549. The van der Waals surface area contributed by atoms with E-state index >= 15 is 0 Å². The fourth-order valence-corrected chi connectivity index (χ4v) is 3.10. The van der Waals surface area contributed by atoms with Crippen molar-refractivity contribution in [3.63, 3.8) is 0 Å². The largest absolute Gasteiger partial charge is 0.437 e. The van der Waals surface area contributed by atoms with E-state index in [4.69, 9.17) is 9.88 Å². The summed E-state index contributed by atoms with van der Waals surface area (Å²) in [6, 6.07) is 8.59. The molecular weight excluding hydrogens is 456 g/mol. The van der Waals surface area contributed by atoms with Crippen molar-refractivity contribution in [2.24, 2.45) is 5.14 Å². The van der Waals surface area contributed by atoms with Gasteiger partial charge in [-0.3, -0.25) is 4.79 Å². The summed E-state index contributed by atoms with van der Waals surface area (Å²) in [5.41, 5.74) is -1.86. The summed E-state index contributed by atoms with van der Waals surface area (Å²) in [7, 11) is -4.09. The van der Waals surface area contributed by atoms with E-state index in [0.717, 1.165) is 18.2 Å². The summed E-state index contributed by atoms with van der Waals surface area (Å²) >= 11 is 0. The van der Waals surface area contributed by atoms with Crippen LogP contribution in [0, 0.1) is 12.7 Å². The van der Waals surface area contributed by atoms with Gasteiger partial charge in [-0.15, -0.1) is 10.2 Å². The minimum absolute atomic E-state index is 0.0331. The van der Waals surface area contributed by atoms with Gasteiger partial charge in [-0.1, -0.05) is 6.07 Å². The van der Waals surface area contributed by atoms with Gasteiger partial charge in [0.1, 0.15) is 17.1 Å². The molecule has 0 aliphatic carbocycles. The lowest BCUT2D eigenvalue weighted by Gasteiger charge is -2.14. The molecule has 0 spiro atoms. The minimum atomic E-state index is -4.90. The molecule has 13 heteroatoms. The van der Waals surface area contributed by atoms with Crippen molar-refractivity contribution in [1.82, 2.24) is 10.2 Å². The monoisotopic (exact) mass is 470 g/mol. The number of carbonyl (C=O) groups is 1. The molecule has 168 valence electrons. The van der Waals surface area contributed by atoms with Gasteiger partial charge in [0.25, 0.3) is 11.8 Å². The highest BCUT2D eigenvalue weighted by Crippen LogP contribution is 2.32. The first-order valence-corrected chi connectivity index (χ1v) is 10.2. The first kappa shape index (κ1) is 23.1. The number of hydrogen-bond acceptors (Lipinski definition) is 6. The molecule has 0 bridgehead atoms. The lowest BCUT2D eigenvalue weighted by molar-refractivity contribution is -0.141. The third-order valence-electron chi connectivity index (χ3n) is 4.06. The number of carbonyl (C=O) groups excluding carboxylic acids is 1. The lowest BCUT2D eigenvalue weighted by Crippen LogP contribution is -2.18. The molecule has 1 aromatic heterocycles. The average molecular weight is 470 g/mol. The number of sulfonamides is 1. The molecule has 0 radical (unpaired) electrons. The minimum Gasteiger partial charge on any atom is -0.437 e. The van der Waals surface area contributed by atoms with E-state index in [1.807, 2.05) is 0 Å². The van der Waals surface area contributed by atoms with Gasteiger partial charge in [-0.05, 0) is 55.0 Å². The predicted octanol–water partition coefficient (Wildman–Crippen LogP) is 3.63. The SMILES string of the molecule is Cc1cc(F)ccc1Oc1nnc(C(F)(F)F)cc1C(=O)Nc1cccc(S(N)(=O)=O)c1. The molecule has 0 saturated carbocycles. The van der Waals surface area contributed by atoms with Crippen molar-refractivity contribution in [1.29, 1.82) is 0 Å². The van der Waals surface area contributed by atoms with E-state index in [2.05, 4.69) is 15.5 Å². The van der Waals surface area contributed by atoms with Crippen molar-refractivity contribution in [3.05, 3.63) is 71.2 Å². The van der Waals surface area contributed by atoms with Gasteiger partial charge < -0.3 is 10.1 Å². The number of rotatable bonds is 5. The predicted molar refractivity (Wildman–Crippen MR) is 104 cm³/mol. The zero-order valence-corrected chi connectivity index (χ0v) is 17.0. The van der Waals surface area contributed by atoms with Crippen LogP contribution in [-0.4, -0.2) is 24.5 Å². The maximum atomic E-state index is 13.3. The first-order valence-electron chi connectivity index (χ1n) is 8.68. The van der Waals surface area contributed by atoms with E-state index in [9.17, 15) is 30.8 Å². The van der Waals surface area contributed by atoms with Gasteiger partial charge >= 0.3 is 6.18 Å². The summed E-state index contributed by atoms with van der Waals surface area (Å²) in [5, 5.41) is 13.7. The second-order valence-corrected chi connectivity index (χ2v) is 8.05. The molecule has 32 heavy (non-hydrogen) atoms. The molecule has 3 rings (SSSR count). The number of amides is 1. The fraction of sp³-hybridized carbons (Fsp3) is 0.105. The van der Waals surface area contributed by atoms with Crippen molar-refractivity contribution in [3.8, 4) is 11.6 Å². The second-order valence-electron chi connectivity index (χ2n) is 6.49. The van der Waals surface area contributed by atoms with Crippen molar-refractivity contribution in [2.45, 2.75) is 18.0 Å². The number of ether oxygens (including phenoxy) is 1. The number of nitrogens with zero attached hydrogens (tertiary/aromatic N) is 2. The van der Waals surface area contributed by atoms with Crippen LogP contribution in [0.25, 0.3) is 0 Å². The Morgan fingerprint density at radius 2 is 1.81 bits per heavy atom. The highest BCUT2D eigenvalue weighted by atomic mass is 32.2. The summed E-state index contributed by atoms with van der Waals surface area (Å²) < 4.78 is 81.0. The standard InChI is InChI=1S/C19H14F4N4O4S/c1-10-7-11(20)5-6-15(10)31-18-14(9-16(26-27-18)19(21,22)23)17(28)25-12-3-2-4-13(8-12)32(24,29)30/h2-9H,1H3,(H,25,28)(H2,24,29,30). The van der Waals surface area contributed by atoms with Gasteiger partial charge in [0.15, 0.2) is 5.69 Å². The third kappa shape index (κ3) is 5.36. The Hall–Kier alpha value is -3.58. The maximum Gasteiger partial charge on any atom is 0.435 e. The van der Waals surface area contributed by atoms with Crippen molar-refractivity contribution >= 4 is 21.6 Å². The molecule has 1 heterocycles. The maximum absolute atomic E-state index is 13.3. The fourth-order valence-electron chi connectivity index (χ4n) is 2.54. The smallest absolute Gasteiger partial charge is 0.435 e. The highest BCUT2D eigenvalue weighted by molar-refractivity contribution is 7.89. The molecule has 8 nitrogen and oxygen atoms in total. The number of alkyl halides is 3. The van der Waals surface area contributed by atoms with Crippen LogP contribution in [0.1, 0.15) is 21.6 Å². The Morgan fingerprint density at radius 3 is 2.44 bits per heavy atom. The topological polar surface area (TPSA) is 124 Å². The molecular formula is C19H14F4N4O4S. The number of aryl methyl sites for hydroxylation is 1. The van der Waals surface area contributed by atoms with Crippen LogP contribution in [-0.2, 0) is 16.2 Å². The van der Waals surface area contributed by atoms with Crippen molar-refractivity contribution in [2.75, 3.05) is 5.32 Å². The summed E-state index contributed by atoms with van der Waals surface area (Å²) in [6.07, 6.45) is -4.90. The summed E-state index contributed by atoms with van der Waals surface area (Å²) in [5.74, 6) is -2.20. The highest BCUT2D eigenvalue weighted by Gasteiger charge is 2.35. The number of hydrogen-bond donors (Lipinski definition) is 2. The average Bonchev–Trinajstić information content (AvgIpc) is 2.69. The lowest BCUT2D eigenvalue weighted by atomic mass is 10.2. The number of nitrogens with one attached hydrogen (secondary N) is 1. The Kier molecular flexibility index (Phi) is 6.14. The third-order valence-corrected chi connectivity index (χ3v) is 4.97. The number of aromatic nitrogens is 2. The normalized spacial score (nSPS) is 11.8. The van der Waals surface area contributed by atoms with Gasteiger partial charge in [-0.2, -0.15) is 13.2 Å². The van der Waals surface area contributed by atoms with Gasteiger partial charge in [0.2, 0.25) is 10.0 Å². The van der Waals surface area contributed by atoms with Gasteiger partial charge in [0, 0.05) is 5.69 Å². The molecule has 0 aliphatic rings. The van der Waals surface area contributed by atoms with Crippen LogP contribution < -0.4 is 15.2 Å². The van der Waals surface area contributed by atoms with Crippen LogP contribution in [0.2, 0.25) is 0 Å². The Bertz CT molecular complexity index is 1300. The molecule has 0 unspecified atom stereocenters. The van der Waals surface area contributed by atoms with E-state index < -0.39 is 45.1 Å². The van der Waals surface area contributed by atoms with Crippen LogP contribution in [0.3, 0.4) is 0 Å². The second kappa shape index (κ2) is 8.51. The first-order chi connectivity index (χ1) is 14.8. The molecule has 0 atom stereocenters. The van der Waals surface area contributed by atoms with Crippen LogP contribution in [0.4, 0.5) is 23.2 Å². The number of anilines is 1. The van der Waals surface area contributed by atoms with Gasteiger partial charge in [-0.25, -0.2) is 17.9 Å². The Balaban J connectivity index is 2.01. The molecule has 1 amide bonds. The van der Waals surface area contributed by atoms with Crippen molar-refractivity contribution < 1.29 is 35.5 Å². The Morgan fingerprint density at radius 1 is 1.09 bits per heavy atom. The number of nitrogens with two attached hydrogens (primary N) is 1. The van der Waals surface area contributed by atoms with E-state index in [1.165, 1.54) is 31.2 Å².